The van der Waals surface area contributed by atoms with Crippen molar-refractivity contribution < 1.29 is 0 Å². The van der Waals surface area contributed by atoms with Gasteiger partial charge in [0.1, 0.15) is 0 Å². The van der Waals surface area contributed by atoms with Crippen molar-refractivity contribution in [1.29, 1.82) is 0 Å². The Bertz CT molecular complexity index is 181. The van der Waals surface area contributed by atoms with Gasteiger partial charge in [0.25, 0.3) is 0 Å². The number of hydrogen-bond acceptors (Lipinski definition) is 2. The molecular formula is C12H24N2. The minimum atomic E-state index is 0.399. The first-order valence-corrected chi connectivity index (χ1v) is 6.31. The van der Waals surface area contributed by atoms with Crippen LogP contribution in [0.5, 0.6) is 0 Å². The predicted molar refractivity (Wildman–Crippen MR) is 60.2 cm³/mol. The van der Waals surface area contributed by atoms with Crippen molar-refractivity contribution in [3.63, 3.8) is 0 Å². The van der Waals surface area contributed by atoms with Crippen molar-refractivity contribution in [2.45, 2.75) is 57.5 Å². The Morgan fingerprint density at radius 2 is 2.07 bits per heavy atom. The van der Waals surface area contributed by atoms with E-state index in [1.54, 1.807) is 0 Å². The van der Waals surface area contributed by atoms with Gasteiger partial charge in [-0.1, -0.05) is 19.8 Å². The Hall–Kier alpha value is -0.0800. The highest BCUT2D eigenvalue weighted by Crippen LogP contribution is 2.35. The van der Waals surface area contributed by atoms with Crippen LogP contribution in [-0.2, 0) is 0 Å². The van der Waals surface area contributed by atoms with Gasteiger partial charge in [-0.05, 0) is 38.1 Å². The predicted octanol–water partition coefficient (Wildman–Crippen LogP) is 1.99. The van der Waals surface area contributed by atoms with Crippen molar-refractivity contribution in [2.24, 2.45) is 11.7 Å². The second-order valence-electron chi connectivity index (χ2n) is 5.06. The molecule has 2 N–H and O–H groups in total. The lowest BCUT2D eigenvalue weighted by Gasteiger charge is -2.32. The monoisotopic (exact) mass is 196 g/mol. The number of nitrogens with zero attached hydrogens (tertiary/aromatic N) is 1. The van der Waals surface area contributed by atoms with E-state index in [1.165, 1.54) is 38.6 Å². The number of fused-ring (bicyclic) bond motifs is 1. The molecule has 3 atom stereocenters. The molecule has 0 aromatic heterocycles. The van der Waals surface area contributed by atoms with Gasteiger partial charge in [-0.15, -0.1) is 0 Å². The van der Waals surface area contributed by atoms with Crippen LogP contribution in [0.25, 0.3) is 0 Å². The molecule has 0 bridgehead atoms. The van der Waals surface area contributed by atoms with E-state index in [-0.39, 0.29) is 0 Å². The molecule has 1 aliphatic heterocycles. The molecule has 1 aliphatic carbocycles. The first-order chi connectivity index (χ1) is 6.81. The zero-order valence-electron chi connectivity index (χ0n) is 9.41. The third-order valence-electron chi connectivity index (χ3n) is 4.12. The molecule has 2 nitrogen and oxygen atoms in total. The summed E-state index contributed by atoms with van der Waals surface area (Å²) in [5.41, 5.74) is 6.03. The molecule has 1 saturated carbocycles. The van der Waals surface area contributed by atoms with Crippen LogP contribution >= 0.6 is 0 Å². The molecule has 82 valence electrons. The summed E-state index contributed by atoms with van der Waals surface area (Å²) in [6, 6.07) is 1.29. The molecule has 2 rings (SSSR count). The molecule has 1 saturated heterocycles. The van der Waals surface area contributed by atoms with Gasteiger partial charge in [0.15, 0.2) is 0 Å². The second kappa shape index (κ2) is 4.63. The summed E-state index contributed by atoms with van der Waals surface area (Å²) in [5, 5.41) is 0. The molecular weight excluding hydrogens is 172 g/mol. The van der Waals surface area contributed by atoms with Crippen molar-refractivity contribution >= 4 is 0 Å². The van der Waals surface area contributed by atoms with Crippen molar-refractivity contribution in [1.82, 2.24) is 4.90 Å². The minimum absolute atomic E-state index is 0.399. The summed E-state index contributed by atoms with van der Waals surface area (Å²) in [7, 11) is 0. The average Bonchev–Trinajstić information content (AvgIpc) is 2.62. The zero-order valence-corrected chi connectivity index (χ0v) is 9.41. The topological polar surface area (TPSA) is 29.3 Å². The van der Waals surface area contributed by atoms with Crippen LogP contribution in [0.3, 0.4) is 0 Å². The maximum absolute atomic E-state index is 6.03. The van der Waals surface area contributed by atoms with Gasteiger partial charge in [-0.2, -0.15) is 0 Å². The Kier molecular flexibility index (Phi) is 3.45. The SMILES string of the molecule is CCC(N)CN1CC[C@@H]2CCCC[C@@H]21. The van der Waals surface area contributed by atoms with E-state index in [0.29, 0.717) is 6.04 Å². The Morgan fingerprint density at radius 1 is 1.29 bits per heavy atom. The number of likely N-dealkylation sites (tertiary alicyclic amines) is 1. The number of nitrogens with two attached hydrogens (primary N) is 1. The molecule has 1 unspecified atom stereocenters. The normalized spacial score (nSPS) is 35.6. The molecule has 2 fully saturated rings. The zero-order chi connectivity index (χ0) is 9.97. The number of rotatable bonds is 3. The van der Waals surface area contributed by atoms with Gasteiger partial charge in [-0.25, -0.2) is 0 Å². The van der Waals surface area contributed by atoms with Gasteiger partial charge >= 0.3 is 0 Å². The van der Waals surface area contributed by atoms with Crippen molar-refractivity contribution in [2.75, 3.05) is 13.1 Å². The highest BCUT2D eigenvalue weighted by molar-refractivity contribution is 4.90. The van der Waals surface area contributed by atoms with Crippen LogP contribution < -0.4 is 5.73 Å². The van der Waals surface area contributed by atoms with E-state index in [0.717, 1.165) is 24.9 Å². The average molecular weight is 196 g/mol. The molecule has 2 aliphatic rings. The number of hydrogen-bond donors (Lipinski definition) is 1. The van der Waals surface area contributed by atoms with Crippen LogP contribution in [-0.4, -0.2) is 30.1 Å². The van der Waals surface area contributed by atoms with Crippen LogP contribution in [0.15, 0.2) is 0 Å². The van der Waals surface area contributed by atoms with E-state index in [4.69, 9.17) is 5.73 Å². The summed E-state index contributed by atoms with van der Waals surface area (Å²) in [6.07, 6.45) is 8.37. The van der Waals surface area contributed by atoms with Crippen LogP contribution in [0.4, 0.5) is 0 Å². The third-order valence-corrected chi connectivity index (χ3v) is 4.12. The molecule has 0 radical (unpaired) electrons. The largest absolute Gasteiger partial charge is 0.327 e. The lowest BCUT2D eigenvalue weighted by Crippen LogP contribution is -2.42. The highest BCUT2D eigenvalue weighted by Gasteiger charge is 2.35. The fourth-order valence-electron chi connectivity index (χ4n) is 3.16. The maximum atomic E-state index is 6.03. The standard InChI is InChI=1S/C12H24N2/c1-2-11(13)9-14-8-7-10-5-3-4-6-12(10)14/h10-12H,2-9,13H2,1H3/t10-,11?,12-/m0/s1. The van der Waals surface area contributed by atoms with Crippen molar-refractivity contribution in [3.8, 4) is 0 Å². The summed E-state index contributed by atoms with van der Waals surface area (Å²) in [4.78, 5) is 2.66. The van der Waals surface area contributed by atoms with E-state index in [9.17, 15) is 0 Å². The quantitative estimate of drug-likeness (QED) is 0.748. The van der Waals surface area contributed by atoms with E-state index >= 15 is 0 Å². The van der Waals surface area contributed by atoms with Crippen LogP contribution in [0.2, 0.25) is 0 Å². The molecule has 0 amide bonds. The Labute approximate surface area is 87.8 Å². The molecule has 2 heteroatoms. The summed E-state index contributed by atoms with van der Waals surface area (Å²) in [6.45, 7) is 4.64. The smallest absolute Gasteiger partial charge is 0.0165 e. The fraction of sp³-hybridized carbons (Fsp3) is 1.00. The lowest BCUT2D eigenvalue weighted by atomic mass is 9.85. The summed E-state index contributed by atoms with van der Waals surface area (Å²) in [5.74, 6) is 1.01. The maximum Gasteiger partial charge on any atom is 0.0165 e. The summed E-state index contributed by atoms with van der Waals surface area (Å²) < 4.78 is 0. The van der Waals surface area contributed by atoms with Crippen LogP contribution in [0, 0.1) is 5.92 Å². The van der Waals surface area contributed by atoms with Gasteiger partial charge < -0.3 is 5.73 Å². The second-order valence-corrected chi connectivity index (χ2v) is 5.06. The Morgan fingerprint density at radius 3 is 2.86 bits per heavy atom. The first kappa shape index (κ1) is 10.4. The van der Waals surface area contributed by atoms with Gasteiger partial charge in [0.2, 0.25) is 0 Å². The van der Waals surface area contributed by atoms with E-state index < -0.39 is 0 Å². The molecule has 14 heavy (non-hydrogen) atoms. The Balaban J connectivity index is 1.87. The fourth-order valence-corrected chi connectivity index (χ4v) is 3.16. The first-order valence-electron chi connectivity index (χ1n) is 6.31. The lowest BCUT2D eigenvalue weighted by molar-refractivity contribution is 0.173. The van der Waals surface area contributed by atoms with Crippen molar-refractivity contribution in [3.05, 3.63) is 0 Å². The molecule has 0 spiro atoms. The molecule has 0 aromatic rings. The summed E-state index contributed by atoms with van der Waals surface area (Å²) >= 11 is 0. The third kappa shape index (κ3) is 2.12. The van der Waals surface area contributed by atoms with Crippen LogP contribution in [0.1, 0.15) is 45.4 Å². The van der Waals surface area contributed by atoms with Gasteiger partial charge in [-0.3, -0.25) is 4.90 Å². The van der Waals surface area contributed by atoms with Gasteiger partial charge in [0, 0.05) is 18.6 Å². The minimum Gasteiger partial charge on any atom is -0.327 e. The molecule has 0 aromatic carbocycles. The highest BCUT2D eigenvalue weighted by atomic mass is 15.2. The van der Waals surface area contributed by atoms with Gasteiger partial charge in [0.05, 0.1) is 0 Å². The molecule has 1 heterocycles. The van der Waals surface area contributed by atoms with E-state index in [1.807, 2.05) is 0 Å². The van der Waals surface area contributed by atoms with E-state index in [2.05, 4.69) is 11.8 Å².